The molecule has 1 aliphatic heterocycles. The second-order valence-corrected chi connectivity index (χ2v) is 4.63. The lowest BCUT2D eigenvalue weighted by Crippen LogP contribution is -2.23. The second-order valence-electron chi connectivity index (χ2n) is 4.63. The maximum Gasteiger partial charge on any atom is 0.347 e. The van der Waals surface area contributed by atoms with Crippen molar-refractivity contribution < 1.29 is 23.0 Å². The van der Waals surface area contributed by atoms with E-state index in [-0.39, 0.29) is 6.61 Å². The van der Waals surface area contributed by atoms with Crippen LogP contribution >= 0.6 is 0 Å². The van der Waals surface area contributed by atoms with E-state index >= 15 is 0 Å². The molecule has 0 amide bonds. The van der Waals surface area contributed by atoms with Crippen LogP contribution in [0.3, 0.4) is 0 Å². The first-order valence-corrected chi connectivity index (χ1v) is 6.63. The summed E-state index contributed by atoms with van der Waals surface area (Å²) in [5.74, 6) is -2.72. The van der Waals surface area contributed by atoms with Gasteiger partial charge in [0.1, 0.15) is 0 Å². The Hall–Kier alpha value is -1.69. The van der Waals surface area contributed by atoms with E-state index in [9.17, 15) is 13.6 Å². The summed E-state index contributed by atoms with van der Waals surface area (Å²) in [6.07, 6.45) is 0.316. The maximum absolute atomic E-state index is 13.9. The number of ether oxygens (including phenoxy) is 2. The molecule has 0 bridgehead atoms. The highest BCUT2D eigenvalue weighted by Gasteiger charge is 2.30. The summed E-state index contributed by atoms with van der Waals surface area (Å²) in [5.41, 5.74) is 0.495. The van der Waals surface area contributed by atoms with Gasteiger partial charge in [0.15, 0.2) is 23.5 Å². The third-order valence-corrected chi connectivity index (χ3v) is 2.96. The average Bonchev–Trinajstić information content (AvgIpc) is 2.80. The van der Waals surface area contributed by atoms with Crippen LogP contribution in [0.2, 0.25) is 0 Å². The van der Waals surface area contributed by atoms with Crippen molar-refractivity contribution in [1.82, 2.24) is 5.32 Å². The van der Waals surface area contributed by atoms with E-state index in [1.54, 1.807) is 0 Å². The number of carbonyl (C=O) groups is 1. The fourth-order valence-corrected chi connectivity index (χ4v) is 1.96. The largest absolute Gasteiger partial charge is 0.472 e. The van der Waals surface area contributed by atoms with Gasteiger partial charge in [-0.25, -0.2) is 13.6 Å². The van der Waals surface area contributed by atoms with E-state index < -0.39 is 29.5 Å². The number of esters is 1. The third-order valence-electron chi connectivity index (χ3n) is 2.96. The lowest BCUT2D eigenvalue weighted by atomic mass is 10.2. The topological polar surface area (TPSA) is 47.6 Å². The molecule has 0 aromatic heterocycles. The Balaban J connectivity index is 2.08. The lowest BCUT2D eigenvalue weighted by Gasteiger charge is -2.13. The molecule has 1 fully saturated rings. The van der Waals surface area contributed by atoms with Gasteiger partial charge < -0.3 is 14.8 Å². The SMILES string of the molecule is CCCNCc1cc(F)c(OC2CCOC2=O)c(F)c1. The van der Waals surface area contributed by atoms with Crippen molar-refractivity contribution in [3.8, 4) is 5.75 Å². The highest BCUT2D eigenvalue weighted by atomic mass is 19.1. The number of nitrogens with one attached hydrogen (secondary N) is 1. The molecule has 1 aliphatic rings. The van der Waals surface area contributed by atoms with E-state index in [0.717, 1.165) is 13.0 Å². The molecule has 1 atom stereocenters. The van der Waals surface area contributed by atoms with Crippen LogP contribution in [0.4, 0.5) is 8.78 Å². The molecule has 0 radical (unpaired) electrons. The molecular weight excluding hydrogens is 268 g/mol. The van der Waals surface area contributed by atoms with E-state index in [0.29, 0.717) is 18.5 Å². The minimum Gasteiger partial charge on any atom is -0.472 e. The molecule has 1 aromatic carbocycles. The number of benzene rings is 1. The monoisotopic (exact) mass is 285 g/mol. The highest BCUT2D eigenvalue weighted by Crippen LogP contribution is 2.26. The first-order valence-electron chi connectivity index (χ1n) is 6.63. The van der Waals surface area contributed by atoms with Crippen LogP contribution in [0.25, 0.3) is 0 Å². The Labute approximate surface area is 116 Å². The Morgan fingerprint density at radius 1 is 1.40 bits per heavy atom. The van der Waals surface area contributed by atoms with Gasteiger partial charge in [-0.3, -0.25) is 0 Å². The summed E-state index contributed by atoms with van der Waals surface area (Å²) >= 11 is 0. The lowest BCUT2D eigenvalue weighted by molar-refractivity contribution is -0.143. The number of halogens is 2. The number of hydrogen-bond donors (Lipinski definition) is 1. The van der Waals surface area contributed by atoms with Crippen molar-refractivity contribution >= 4 is 5.97 Å². The van der Waals surface area contributed by atoms with Crippen LogP contribution in [0, 0.1) is 11.6 Å². The highest BCUT2D eigenvalue weighted by molar-refractivity contribution is 5.76. The summed E-state index contributed by atoms with van der Waals surface area (Å²) in [4.78, 5) is 11.2. The van der Waals surface area contributed by atoms with Crippen molar-refractivity contribution in [1.29, 1.82) is 0 Å². The zero-order valence-corrected chi connectivity index (χ0v) is 11.2. The summed E-state index contributed by atoms with van der Waals surface area (Å²) < 4.78 is 37.5. The van der Waals surface area contributed by atoms with E-state index in [1.807, 2.05) is 6.92 Å². The van der Waals surface area contributed by atoms with Crippen molar-refractivity contribution in [3.63, 3.8) is 0 Å². The molecule has 4 nitrogen and oxygen atoms in total. The Kier molecular flexibility index (Phi) is 4.89. The fraction of sp³-hybridized carbons (Fsp3) is 0.500. The van der Waals surface area contributed by atoms with Gasteiger partial charge in [0.2, 0.25) is 0 Å². The van der Waals surface area contributed by atoms with E-state index in [4.69, 9.17) is 4.74 Å². The van der Waals surface area contributed by atoms with Gasteiger partial charge in [-0.05, 0) is 30.7 Å². The van der Waals surface area contributed by atoms with E-state index in [1.165, 1.54) is 12.1 Å². The zero-order chi connectivity index (χ0) is 14.5. The van der Waals surface area contributed by atoms with Gasteiger partial charge in [-0.1, -0.05) is 6.92 Å². The fourth-order valence-electron chi connectivity index (χ4n) is 1.96. The Morgan fingerprint density at radius 2 is 2.10 bits per heavy atom. The minimum atomic E-state index is -0.928. The third kappa shape index (κ3) is 3.45. The molecular formula is C14H17F2NO3. The first-order chi connectivity index (χ1) is 9.61. The van der Waals surface area contributed by atoms with E-state index in [2.05, 4.69) is 10.1 Å². The van der Waals surface area contributed by atoms with Gasteiger partial charge >= 0.3 is 5.97 Å². The molecule has 20 heavy (non-hydrogen) atoms. The Bertz CT molecular complexity index is 470. The smallest absolute Gasteiger partial charge is 0.347 e. The predicted molar refractivity (Wildman–Crippen MR) is 68.3 cm³/mol. The number of carbonyl (C=O) groups excluding carboxylic acids is 1. The van der Waals surface area contributed by atoms with Crippen LogP contribution in [-0.2, 0) is 16.1 Å². The summed E-state index contributed by atoms with van der Waals surface area (Å²) in [6, 6.07) is 2.42. The zero-order valence-electron chi connectivity index (χ0n) is 11.2. The Morgan fingerprint density at radius 3 is 2.65 bits per heavy atom. The van der Waals surface area contributed by atoms with Crippen molar-refractivity contribution in [2.45, 2.75) is 32.4 Å². The van der Waals surface area contributed by atoms with Gasteiger partial charge in [0, 0.05) is 13.0 Å². The van der Waals surface area contributed by atoms with Crippen LogP contribution in [0.5, 0.6) is 5.75 Å². The molecule has 0 aliphatic carbocycles. The van der Waals surface area contributed by atoms with Gasteiger partial charge in [-0.15, -0.1) is 0 Å². The number of rotatable bonds is 6. The number of hydrogen-bond acceptors (Lipinski definition) is 4. The normalized spacial score (nSPS) is 18.1. The molecule has 110 valence electrons. The molecule has 1 saturated heterocycles. The van der Waals surface area contributed by atoms with Crippen molar-refractivity contribution in [2.75, 3.05) is 13.2 Å². The summed E-state index contributed by atoms with van der Waals surface area (Å²) in [6.45, 7) is 3.38. The summed E-state index contributed by atoms with van der Waals surface area (Å²) in [7, 11) is 0. The van der Waals surface area contributed by atoms with Gasteiger partial charge in [0.25, 0.3) is 0 Å². The van der Waals surface area contributed by atoms with Gasteiger partial charge in [-0.2, -0.15) is 0 Å². The quantitative estimate of drug-likeness (QED) is 0.643. The molecule has 1 aromatic rings. The molecule has 1 heterocycles. The molecule has 1 unspecified atom stereocenters. The molecule has 2 rings (SSSR count). The van der Waals surface area contributed by atoms with Crippen molar-refractivity contribution in [2.24, 2.45) is 0 Å². The van der Waals surface area contributed by atoms with Gasteiger partial charge in [0.05, 0.1) is 6.61 Å². The number of cyclic esters (lactones) is 1. The minimum absolute atomic E-state index is 0.214. The molecule has 6 heteroatoms. The van der Waals surface area contributed by atoms with Crippen LogP contribution < -0.4 is 10.1 Å². The predicted octanol–water partition coefficient (Wildman–Crippen LogP) is 2.16. The first kappa shape index (κ1) is 14.7. The second kappa shape index (κ2) is 6.65. The molecule has 1 N–H and O–H groups in total. The maximum atomic E-state index is 13.9. The summed E-state index contributed by atoms with van der Waals surface area (Å²) in [5, 5.41) is 3.06. The average molecular weight is 285 g/mol. The van der Waals surface area contributed by atoms with Crippen LogP contribution in [0.1, 0.15) is 25.3 Å². The molecule has 0 spiro atoms. The molecule has 0 saturated carbocycles. The van der Waals surface area contributed by atoms with Crippen LogP contribution in [-0.4, -0.2) is 25.2 Å². The van der Waals surface area contributed by atoms with Crippen molar-refractivity contribution in [3.05, 3.63) is 29.3 Å². The standard InChI is InChI=1S/C14H17F2NO3/c1-2-4-17-8-9-6-10(15)13(11(16)7-9)20-12-3-5-19-14(12)18/h6-7,12,17H,2-5,8H2,1H3. The van der Waals surface area contributed by atoms with Crippen LogP contribution in [0.15, 0.2) is 12.1 Å².